The average Bonchev–Trinajstić information content (AvgIpc) is 2.66. The molecule has 2 aromatic carbocycles. The highest BCUT2D eigenvalue weighted by molar-refractivity contribution is 6.26. The molecule has 0 radical (unpaired) electrons. The second-order valence-electron chi connectivity index (χ2n) is 8.30. The van der Waals surface area contributed by atoms with Crippen LogP contribution >= 0.6 is 0 Å². The number of methoxy groups -OCH3 is 1. The molecule has 0 amide bonds. The van der Waals surface area contributed by atoms with Crippen molar-refractivity contribution in [3.8, 4) is 11.1 Å². The van der Waals surface area contributed by atoms with E-state index in [1.54, 1.807) is 26.8 Å². The molecule has 0 aromatic heterocycles. The smallest absolute Gasteiger partial charge is 0.198 e. The van der Waals surface area contributed by atoms with Crippen molar-refractivity contribution in [3.63, 3.8) is 0 Å². The minimum absolute atomic E-state index is 0.0184. The molecule has 166 valence electrons. The van der Waals surface area contributed by atoms with E-state index in [0.29, 0.717) is 29.7 Å². The van der Waals surface area contributed by atoms with E-state index in [1.165, 1.54) is 19.2 Å². The van der Waals surface area contributed by atoms with E-state index in [2.05, 4.69) is 0 Å². The number of Topliss-reactive ketones (excluding diaryl/α,β-unsaturated/α-hetero) is 1. The maximum atomic E-state index is 14.3. The van der Waals surface area contributed by atoms with Gasteiger partial charge < -0.3 is 14.6 Å². The maximum Gasteiger partial charge on any atom is 0.198 e. The van der Waals surface area contributed by atoms with E-state index in [9.17, 15) is 23.1 Å². The second-order valence-corrected chi connectivity index (χ2v) is 8.30. The van der Waals surface area contributed by atoms with Gasteiger partial charge in [-0.25, -0.2) is 13.2 Å². The molecule has 3 rings (SSSR count). The van der Waals surface area contributed by atoms with Gasteiger partial charge in [0.25, 0.3) is 0 Å². The van der Waals surface area contributed by atoms with Gasteiger partial charge in [0.2, 0.25) is 0 Å². The number of ether oxygens (including phenoxy) is 2. The van der Waals surface area contributed by atoms with Crippen molar-refractivity contribution < 1.29 is 32.5 Å². The first-order valence-electron chi connectivity index (χ1n) is 9.91. The molecule has 7 heteroatoms. The van der Waals surface area contributed by atoms with Gasteiger partial charge in [0.15, 0.2) is 5.78 Å². The summed E-state index contributed by atoms with van der Waals surface area (Å²) in [5, 5.41) is 11.0. The van der Waals surface area contributed by atoms with Crippen molar-refractivity contribution in [2.75, 3.05) is 13.7 Å². The molecule has 4 nitrogen and oxygen atoms in total. The van der Waals surface area contributed by atoms with Crippen LogP contribution in [0.3, 0.4) is 0 Å². The van der Waals surface area contributed by atoms with Crippen LogP contribution < -0.4 is 0 Å². The fourth-order valence-electron chi connectivity index (χ4n) is 4.06. The standard InChI is InChI=1S/C24H25F3O4/c1-6-13-9-14(19-17(26)10-15(25)11-18(19)27)7-8-16(13)20-21(28)23(2,3)31-24(4,12-30-5)22(20)29/h7-11,29H,6,12H2,1-5H3. The monoisotopic (exact) mass is 434 g/mol. The van der Waals surface area contributed by atoms with Crippen LogP contribution in [0.15, 0.2) is 36.1 Å². The third-order valence-electron chi connectivity index (χ3n) is 5.46. The Labute approximate surface area is 179 Å². The number of halogens is 3. The van der Waals surface area contributed by atoms with E-state index < -0.39 is 34.4 Å². The largest absolute Gasteiger partial charge is 0.508 e. The molecule has 0 bridgehead atoms. The zero-order valence-corrected chi connectivity index (χ0v) is 18.1. The molecule has 0 saturated carbocycles. The van der Waals surface area contributed by atoms with Gasteiger partial charge in [0.1, 0.15) is 34.4 Å². The van der Waals surface area contributed by atoms with Gasteiger partial charge in [0.05, 0.1) is 17.7 Å². The summed E-state index contributed by atoms with van der Waals surface area (Å²) < 4.78 is 52.9. The van der Waals surface area contributed by atoms with Gasteiger partial charge in [-0.15, -0.1) is 0 Å². The Balaban J connectivity index is 2.22. The molecule has 0 spiro atoms. The van der Waals surface area contributed by atoms with Gasteiger partial charge in [-0.1, -0.05) is 25.1 Å². The second kappa shape index (κ2) is 8.13. The van der Waals surface area contributed by atoms with Gasteiger partial charge >= 0.3 is 0 Å². The summed E-state index contributed by atoms with van der Waals surface area (Å²) in [5.74, 6) is -3.73. The number of hydrogen-bond acceptors (Lipinski definition) is 4. The summed E-state index contributed by atoms with van der Waals surface area (Å²) in [6.45, 7) is 6.69. The highest BCUT2D eigenvalue weighted by atomic mass is 19.1. The van der Waals surface area contributed by atoms with Crippen LogP contribution in [0.2, 0.25) is 0 Å². The predicted molar refractivity (Wildman–Crippen MR) is 111 cm³/mol. The number of ketones is 1. The Morgan fingerprint density at radius 2 is 1.68 bits per heavy atom. The lowest BCUT2D eigenvalue weighted by molar-refractivity contribution is -0.171. The lowest BCUT2D eigenvalue weighted by Crippen LogP contribution is -2.53. The zero-order valence-electron chi connectivity index (χ0n) is 18.1. The van der Waals surface area contributed by atoms with E-state index in [-0.39, 0.29) is 29.1 Å². The van der Waals surface area contributed by atoms with Crippen molar-refractivity contribution >= 4 is 11.4 Å². The summed E-state index contributed by atoms with van der Waals surface area (Å²) in [6.07, 6.45) is 0.417. The van der Waals surface area contributed by atoms with Crippen LogP contribution in [0.25, 0.3) is 16.7 Å². The fourth-order valence-corrected chi connectivity index (χ4v) is 4.06. The first kappa shape index (κ1) is 23.0. The minimum Gasteiger partial charge on any atom is -0.508 e. The normalized spacial score (nSPS) is 21.0. The molecule has 0 saturated heterocycles. The number of hydrogen-bond donors (Lipinski definition) is 1. The average molecular weight is 434 g/mol. The molecule has 31 heavy (non-hydrogen) atoms. The number of aliphatic hydroxyl groups excluding tert-OH is 1. The molecular formula is C24H25F3O4. The summed E-state index contributed by atoms with van der Waals surface area (Å²) in [5.41, 5.74) is -1.52. The summed E-state index contributed by atoms with van der Waals surface area (Å²) in [6, 6.07) is 5.75. The third-order valence-corrected chi connectivity index (χ3v) is 5.46. The molecule has 1 heterocycles. The number of carbonyl (C=O) groups is 1. The zero-order chi connectivity index (χ0) is 23.1. The number of rotatable bonds is 5. The lowest BCUT2D eigenvalue weighted by atomic mass is 9.80. The fraction of sp³-hybridized carbons (Fsp3) is 0.375. The number of aryl methyl sites for hydroxylation is 1. The van der Waals surface area contributed by atoms with Crippen molar-refractivity contribution in [1.82, 2.24) is 0 Å². The van der Waals surface area contributed by atoms with Crippen LogP contribution in [0.5, 0.6) is 0 Å². The predicted octanol–water partition coefficient (Wildman–Crippen LogP) is 5.39. The number of carbonyl (C=O) groups excluding carboxylic acids is 1. The summed E-state index contributed by atoms with van der Waals surface area (Å²) in [7, 11) is 1.46. The Morgan fingerprint density at radius 3 is 2.23 bits per heavy atom. The molecule has 1 N–H and O–H groups in total. The van der Waals surface area contributed by atoms with E-state index in [1.807, 2.05) is 6.92 Å². The van der Waals surface area contributed by atoms with E-state index in [4.69, 9.17) is 9.47 Å². The van der Waals surface area contributed by atoms with Gasteiger partial charge in [-0.05, 0) is 43.9 Å². The molecule has 2 aromatic rings. The van der Waals surface area contributed by atoms with Crippen LogP contribution in [-0.4, -0.2) is 35.8 Å². The van der Waals surface area contributed by atoms with Crippen LogP contribution in [0.1, 0.15) is 38.8 Å². The van der Waals surface area contributed by atoms with Crippen molar-refractivity contribution in [2.45, 2.75) is 45.3 Å². The van der Waals surface area contributed by atoms with Crippen molar-refractivity contribution in [1.29, 1.82) is 0 Å². The molecule has 1 unspecified atom stereocenters. The lowest BCUT2D eigenvalue weighted by Gasteiger charge is -2.42. The number of aliphatic hydroxyl groups is 1. The summed E-state index contributed by atoms with van der Waals surface area (Å²) >= 11 is 0. The maximum absolute atomic E-state index is 14.3. The Bertz CT molecular complexity index is 1050. The van der Waals surface area contributed by atoms with E-state index in [0.717, 1.165) is 0 Å². The van der Waals surface area contributed by atoms with Crippen LogP contribution in [-0.2, 0) is 20.7 Å². The SMILES string of the molecule is CCc1cc(-c2c(F)cc(F)cc2F)ccc1C1=C(O)C(C)(COC)OC(C)(C)C1=O. The quantitative estimate of drug-likeness (QED) is 0.686. The van der Waals surface area contributed by atoms with Crippen LogP contribution in [0.4, 0.5) is 13.2 Å². The van der Waals surface area contributed by atoms with Crippen molar-refractivity contribution in [2.24, 2.45) is 0 Å². The first-order chi connectivity index (χ1) is 14.4. The van der Waals surface area contributed by atoms with E-state index >= 15 is 0 Å². The van der Waals surface area contributed by atoms with Gasteiger partial charge in [0, 0.05) is 19.2 Å². The summed E-state index contributed by atoms with van der Waals surface area (Å²) in [4.78, 5) is 13.2. The van der Waals surface area contributed by atoms with Gasteiger partial charge in [-0.3, -0.25) is 4.79 Å². The Kier molecular flexibility index (Phi) is 6.04. The topological polar surface area (TPSA) is 55.8 Å². The highest BCUT2D eigenvalue weighted by Gasteiger charge is 2.49. The molecule has 0 fully saturated rings. The first-order valence-corrected chi connectivity index (χ1v) is 9.91. The minimum atomic E-state index is -1.25. The van der Waals surface area contributed by atoms with Crippen molar-refractivity contribution in [3.05, 3.63) is 64.7 Å². The van der Waals surface area contributed by atoms with Gasteiger partial charge in [-0.2, -0.15) is 0 Å². The Morgan fingerprint density at radius 1 is 1.06 bits per heavy atom. The molecule has 1 aliphatic heterocycles. The molecule has 0 aliphatic carbocycles. The molecule has 1 atom stereocenters. The number of benzene rings is 2. The highest BCUT2D eigenvalue weighted by Crippen LogP contribution is 2.42. The Hall–Kier alpha value is -2.64. The molecular weight excluding hydrogens is 409 g/mol. The molecule has 1 aliphatic rings. The third kappa shape index (κ3) is 4.00. The van der Waals surface area contributed by atoms with Crippen LogP contribution in [0, 0.1) is 17.5 Å².